The second kappa shape index (κ2) is 7.99. The Hall–Kier alpha value is -2.30. The van der Waals surface area contributed by atoms with Crippen molar-refractivity contribution in [2.24, 2.45) is 0 Å². The van der Waals surface area contributed by atoms with E-state index in [0.717, 1.165) is 36.9 Å². The number of benzene rings is 1. The van der Waals surface area contributed by atoms with Gasteiger partial charge in [0.2, 0.25) is 0 Å². The maximum absolute atomic E-state index is 5.62. The first-order chi connectivity index (χ1) is 9.88. The molecule has 106 valence electrons. The minimum atomic E-state index is 0.678. The van der Waals surface area contributed by atoms with E-state index >= 15 is 0 Å². The first-order valence-corrected chi connectivity index (χ1v) is 6.86. The van der Waals surface area contributed by atoms with Gasteiger partial charge >= 0.3 is 0 Å². The van der Waals surface area contributed by atoms with Crippen LogP contribution in [0, 0.1) is 0 Å². The van der Waals surface area contributed by atoms with Gasteiger partial charge in [0.15, 0.2) is 0 Å². The molecule has 5 heteroatoms. The fourth-order valence-corrected chi connectivity index (χ4v) is 1.71. The molecule has 0 saturated carbocycles. The third-order valence-electron chi connectivity index (χ3n) is 2.63. The highest BCUT2D eigenvalue weighted by molar-refractivity contribution is 5.41. The van der Waals surface area contributed by atoms with Crippen LogP contribution >= 0.6 is 0 Å². The van der Waals surface area contributed by atoms with E-state index in [2.05, 4.69) is 20.6 Å². The normalized spacial score (nSPS) is 10.1. The molecule has 1 heterocycles. The molecule has 2 rings (SSSR count). The molecular weight excluding hydrogens is 252 g/mol. The van der Waals surface area contributed by atoms with E-state index in [-0.39, 0.29) is 0 Å². The zero-order valence-corrected chi connectivity index (χ0v) is 11.7. The maximum Gasteiger partial charge on any atom is 0.146 e. The van der Waals surface area contributed by atoms with Crippen LogP contribution in [0.3, 0.4) is 0 Å². The molecule has 0 bridgehead atoms. The Bertz CT molecular complexity index is 504. The zero-order chi connectivity index (χ0) is 14.0. The van der Waals surface area contributed by atoms with Crippen LogP contribution in [0.15, 0.2) is 42.7 Å². The second-order valence-corrected chi connectivity index (χ2v) is 4.26. The van der Waals surface area contributed by atoms with E-state index in [1.54, 1.807) is 12.4 Å². The number of nitrogens with one attached hydrogen (secondary N) is 2. The van der Waals surface area contributed by atoms with Gasteiger partial charge in [-0.25, -0.2) is 4.98 Å². The first-order valence-electron chi connectivity index (χ1n) is 6.86. The summed E-state index contributed by atoms with van der Waals surface area (Å²) in [7, 11) is 0. The van der Waals surface area contributed by atoms with E-state index in [9.17, 15) is 0 Å². The molecule has 0 aliphatic rings. The number of rotatable bonds is 8. The van der Waals surface area contributed by atoms with Crippen LogP contribution in [0.2, 0.25) is 0 Å². The molecule has 0 saturated heterocycles. The van der Waals surface area contributed by atoms with Crippen LogP contribution in [0.5, 0.6) is 5.75 Å². The Morgan fingerprint density at radius 2 is 1.80 bits per heavy atom. The number of hydrogen-bond donors (Lipinski definition) is 2. The van der Waals surface area contributed by atoms with Gasteiger partial charge in [0.05, 0.1) is 19.0 Å². The van der Waals surface area contributed by atoms with Crippen molar-refractivity contribution in [1.29, 1.82) is 0 Å². The molecule has 0 aliphatic carbocycles. The van der Waals surface area contributed by atoms with Gasteiger partial charge in [-0.05, 0) is 25.5 Å². The molecular formula is C15H20N4O. The molecule has 0 amide bonds. The Kier molecular flexibility index (Phi) is 5.64. The van der Waals surface area contributed by atoms with Crippen molar-refractivity contribution >= 4 is 11.6 Å². The molecule has 0 fully saturated rings. The summed E-state index contributed by atoms with van der Waals surface area (Å²) in [6.45, 7) is 4.35. The average molecular weight is 272 g/mol. The van der Waals surface area contributed by atoms with Crippen molar-refractivity contribution < 1.29 is 4.74 Å². The lowest BCUT2D eigenvalue weighted by molar-refractivity contribution is 0.315. The highest BCUT2D eigenvalue weighted by Crippen LogP contribution is 2.09. The molecule has 20 heavy (non-hydrogen) atoms. The van der Waals surface area contributed by atoms with Crippen molar-refractivity contribution in [3.05, 3.63) is 42.7 Å². The van der Waals surface area contributed by atoms with Crippen LogP contribution < -0.4 is 15.4 Å². The van der Waals surface area contributed by atoms with Crippen molar-refractivity contribution in [3.63, 3.8) is 0 Å². The second-order valence-electron chi connectivity index (χ2n) is 4.26. The van der Waals surface area contributed by atoms with Crippen molar-refractivity contribution in [3.8, 4) is 5.75 Å². The number of aromatic nitrogens is 2. The van der Waals surface area contributed by atoms with Gasteiger partial charge in [0.25, 0.3) is 0 Å². The van der Waals surface area contributed by atoms with Crippen LogP contribution in [-0.4, -0.2) is 29.7 Å². The van der Waals surface area contributed by atoms with Crippen LogP contribution in [0.25, 0.3) is 0 Å². The van der Waals surface area contributed by atoms with E-state index in [0.29, 0.717) is 6.61 Å². The lowest BCUT2D eigenvalue weighted by Gasteiger charge is -2.08. The fraction of sp³-hybridized carbons (Fsp3) is 0.333. The fourth-order valence-electron chi connectivity index (χ4n) is 1.71. The third kappa shape index (κ3) is 4.76. The lowest BCUT2D eigenvalue weighted by Crippen LogP contribution is -2.09. The molecule has 2 N–H and O–H groups in total. The maximum atomic E-state index is 5.62. The molecule has 0 aliphatic heterocycles. The quantitative estimate of drug-likeness (QED) is 0.724. The Labute approximate surface area is 119 Å². The summed E-state index contributed by atoms with van der Waals surface area (Å²) in [6, 6.07) is 9.83. The van der Waals surface area contributed by atoms with Gasteiger partial charge < -0.3 is 15.4 Å². The van der Waals surface area contributed by atoms with Gasteiger partial charge in [0, 0.05) is 13.1 Å². The number of hydrogen-bond acceptors (Lipinski definition) is 5. The van der Waals surface area contributed by atoms with Gasteiger partial charge in [-0.3, -0.25) is 4.98 Å². The Morgan fingerprint density at radius 3 is 2.55 bits per heavy atom. The molecule has 0 spiro atoms. The average Bonchev–Trinajstić information content (AvgIpc) is 2.49. The topological polar surface area (TPSA) is 59.1 Å². The largest absolute Gasteiger partial charge is 0.494 e. The summed E-state index contributed by atoms with van der Waals surface area (Å²) >= 11 is 0. The van der Waals surface area contributed by atoms with E-state index in [1.807, 2.05) is 37.3 Å². The molecule has 1 aromatic heterocycles. The van der Waals surface area contributed by atoms with Crippen LogP contribution in [-0.2, 0) is 0 Å². The van der Waals surface area contributed by atoms with E-state index < -0.39 is 0 Å². The number of para-hydroxylation sites is 1. The minimum absolute atomic E-state index is 0.678. The molecule has 0 unspecified atom stereocenters. The summed E-state index contributed by atoms with van der Waals surface area (Å²) in [5, 5.41) is 6.37. The number of nitrogens with zero attached hydrogens (tertiary/aromatic N) is 2. The summed E-state index contributed by atoms with van der Waals surface area (Å²) in [5.74, 6) is 2.47. The highest BCUT2D eigenvalue weighted by Gasteiger charge is 1.97. The Balaban J connectivity index is 1.67. The molecule has 1 aromatic carbocycles. The standard InChI is InChI=1S/C15H20N4O/c1-2-17-14-11-16-12-15(19-14)18-9-6-10-20-13-7-4-3-5-8-13/h3-5,7-8,11-12H,2,6,9-10H2,1H3,(H2,17,18,19). The SMILES string of the molecule is CCNc1cncc(NCCCOc2ccccc2)n1. The van der Waals surface area contributed by atoms with Crippen LogP contribution in [0.1, 0.15) is 13.3 Å². The van der Waals surface area contributed by atoms with Crippen LogP contribution in [0.4, 0.5) is 11.6 Å². The van der Waals surface area contributed by atoms with Crippen molar-refractivity contribution in [2.45, 2.75) is 13.3 Å². The van der Waals surface area contributed by atoms with Gasteiger partial charge in [-0.15, -0.1) is 0 Å². The number of ether oxygens (including phenoxy) is 1. The Morgan fingerprint density at radius 1 is 1.05 bits per heavy atom. The monoisotopic (exact) mass is 272 g/mol. The predicted molar refractivity (Wildman–Crippen MR) is 81.2 cm³/mol. The molecule has 2 aromatic rings. The van der Waals surface area contributed by atoms with Gasteiger partial charge in [-0.2, -0.15) is 0 Å². The van der Waals surface area contributed by atoms with Gasteiger partial charge in [0.1, 0.15) is 17.4 Å². The van der Waals surface area contributed by atoms with Crippen molar-refractivity contribution in [1.82, 2.24) is 9.97 Å². The summed E-state index contributed by atoms with van der Waals surface area (Å²) in [5.41, 5.74) is 0. The summed E-state index contributed by atoms with van der Waals surface area (Å²) in [4.78, 5) is 8.52. The summed E-state index contributed by atoms with van der Waals surface area (Å²) in [6.07, 6.45) is 4.34. The number of anilines is 2. The van der Waals surface area contributed by atoms with E-state index in [1.165, 1.54) is 0 Å². The third-order valence-corrected chi connectivity index (χ3v) is 2.63. The minimum Gasteiger partial charge on any atom is -0.494 e. The summed E-state index contributed by atoms with van der Waals surface area (Å²) < 4.78 is 5.62. The lowest BCUT2D eigenvalue weighted by atomic mass is 10.3. The van der Waals surface area contributed by atoms with Crippen molar-refractivity contribution in [2.75, 3.05) is 30.3 Å². The smallest absolute Gasteiger partial charge is 0.146 e. The van der Waals surface area contributed by atoms with Gasteiger partial charge in [-0.1, -0.05) is 18.2 Å². The molecule has 5 nitrogen and oxygen atoms in total. The van der Waals surface area contributed by atoms with E-state index in [4.69, 9.17) is 4.74 Å². The first kappa shape index (κ1) is 14.1. The molecule has 0 radical (unpaired) electrons. The highest BCUT2D eigenvalue weighted by atomic mass is 16.5. The molecule has 0 atom stereocenters. The predicted octanol–water partition coefficient (Wildman–Crippen LogP) is 2.79. The zero-order valence-electron chi connectivity index (χ0n) is 11.7.